The third-order valence-electron chi connectivity index (χ3n) is 4.67. The minimum absolute atomic E-state index is 0.0852. The molecule has 30 heavy (non-hydrogen) atoms. The molecule has 0 aliphatic rings. The molecule has 158 valence electrons. The average molecular weight is 449 g/mol. The number of benzene rings is 2. The molecule has 3 aromatic rings. The maximum Gasteiger partial charge on any atom is 0.254 e. The van der Waals surface area contributed by atoms with E-state index in [0.717, 1.165) is 10.6 Å². The minimum Gasteiger partial charge on any atom is -0.337 e. The normalized spacial score (nSPS) is 11.4. The molecule has 0 atom stereocenters. The predicted octanol–water partition coefficient (Wildman–Crippen LogP) is 3.37. The quantitative estimate of drug-likeness (QED) is 0.573. The first-order chi connectivity index (χ1) is 14.1. The molecule has 0 saturated carbocycles. The van der Waals surface area contributed by atoms with Crippen LogP contribution in [0.25, 0.3) is 11.4 Å². The second kappa shape index (κ2) is 8.45. The Kier molecular flexibility index (Phi) is 6.14. The standard InChI is InChI=1S/C20H21ClN4O4S/c1-13-14(9-7-11-17(13)25(3)30(4,27)28)20(26)24(2)12-18-22-19(23-29-18)15-8-5-6-10-16(15)21/h5-11H,12H2,1-4H3. The smallest absolute Gasteiger partial charge is 0.254 e. The summed E-state index contributed by atoms with van der Waals surface area (Å²) >= 11 is 6.16. The molecule has 1 aromatic heterocycles. The molecular formula is C20H21ClN4O4S. The molecular weight excluding hydrogens is 428 g/mol. The molecule has 0 aliphatic carbocycles. The number of hydrogen-bond donors (Lipinski definition) is 0. The van der Waals surface area contributed by atoms with E-state index in [1.54, 1.807) is 50.4 Å². The van der Waals surface area contributed by atoms with Gasteiger partial charge in [-0.2, -0.15) is 4.98 Å². The van der Waals surface area contributed by atoms with Crippen LogP contribution >= 0.6 is 11.6 Å². The van der Waals surface area contributed by atoms with Crippen molar-refractivity contribution in [3.63, 3.8) is 0 Å². The lowest BCUT2D eigenvalue weighted by atomic mass is 10.1. The SMILES string of the molecule is Cc1c(C(=O)N(C)Cc2nc(-c3ccccc3Cl)no2)cccc1N(C)S(C)(=O)=O. The fourth-order valence-corrected chi connectivity index (χ4v) is 3.70. The van der Waals surface area contributed by atoms with Gasteiger partial charge in [-0.15, -0.1) is 0 Å². The van der Waals surface area contributed by atoms with Gasteiger partial charge in [-0.1, -0.05) is 35.0 Å². The van der Waals surface area contributed by atoms with E-state index in [1.807, 2.05) is 6.07 Å². The maximum atomic E-state index is 13.0. The van der Waals surface area contributed by atoms with Crippen molar-refractivity contribution in [1.82, 2.24) is 15.0 Å². The van der Waals surface area contributed by atoms with E-state index in [2.05, 4.69) is 10.1 Å². The van der Waals surface area contributed by atoms with Gasteiger partial charge in [0, 0.05) is 25.2 Å². The lowest BCUT2D eigenvalue weighted by molar-refractivity contribution is 0.0769. The number of amides is 1. The number of hydrogen-bond acceptors (Lipinski definition) is 6. The Hall–Kier alpha value is -2.91. The lowest BCUT2D eigenvalue weighted by Crippen LogP contribution is -2.29. The molecule has 10 heteroatoms. The molecule has 0 aliphatic heterocycles. The Labute approximate surface area is 180 Å². The highest BCUT2D eigenvalue weighted by molar-refractivity contribution is 7.92. The third-order valence-corrected chi connectivity index (χ3v) is 6.20. The average Bonchev–Trinajstić information content (AvgIpc) is 3.15. The molecule has 1 heterocycles. The Bertz CT molecular complexity index is 1190. The Morgan fingerprint density at radius 1 is 1.13 bits per heavy atom. The maximum absolute atomic E-state index is 13.0. The van der Waals surface area contributed by atoms with E-state index in [1.165, 1.54) is 11.9 Å². The van der Waals surface area contributed by atoms with Crippen molar-refractivity contribution in [2.45, 2.75) is 13.5 Å². The van der Waals surface area contributed by atoms with Crippen LogP contribution in [0.4, 0.5) is 5.69 Å². The molecule has 0 N–H and O–H groups in total. The van der Waals surface area contributed by atoms with Crippen molar-refractivity contribution < 1.29 is 17.7 Å². The number of sulfonamides is 1. The topological polar surface area (TPSA) is 96.6 Å². The van der Waals surface area contributed by atoms with Crippen LogP contribution in [-0.2, 0) is 16.6 Å². The molecule has 2 aromatic carbocycles. The fourth-order valence-electron chi connectivity index (χ4n) is 2.93. The highest BCUT2D eigenvalue weighted by Gasteiger charge is 2.22. The zero-order valence-corrected chi connectivity index (χ0v) is 18.5. The largest absolute Gasteiger partial charge is 0.337 e. The summed E-state index contributed by atoms with van der Waals surface area (Å²) in [7, 11) is -0.398. The van der Waals surface area contributed by atoms with Crippen LogP contribution in [0.15, 0.2) is 47.0 Å². The van der Waals surface area contributed by atoms with E-state index in [4.69, 9.17) is 16.1 Å². The first-order valence-corrected chi connectivity index (χ1v) is 11.2. The molecule has 0 unspecified atom stereocenters. The van der Waals surface area contributed by atoms with Crippen LogP contribution in [0.3, 0.4) is 0 Å². The van der Waals surface area contributed by atoms with Gasteiger partial charge >= 0.3 is 0 Å². The number of halogens is 1. The predicted molar refractivity (Wildman–Crippen MR) is 115 cm³/mol. The Morgan fingerprint density at radius 2 is 1.83 bits per heavy atom. The van der Waals surface area contributed by atoms with Crippen molar-refractivity contribution in [1.29, 1.82) is 0 Å². The van der Waals surface area contributed by atoms with E-state index in [0.29, 0.717) is 33.2 Å². The number of nitrogens with zero attached hydrogens (tertiary/aromatic N) is 4. The molecule has 0 fully saturated rings. The van der Waals surface area contributed by atoms with Gasteiger partial charge < -0.3 is 9.42 Å². The minimum atomic E-state index is -3.45. The van der Waals surface area contributed by atoms with Crippen LogP contribution in [0.5, 0.6) is 0 Å². The van der Waals surface area contributed by atoms with Gasteiger partial charge in [0.1, 0.15) is 0 Å². The number of carbonyl (C=O) groups excluding carboxylic acids is 1. The van der Waals surface area contributed by atoms with E-state index in [9.17, 15) is 13.2 Å². The van der Waals surface area contributed by atoms with Crippen LogP contribution in [0.2, 0.25) is 5.02 Å². The van der Waals surface area contributed by atoms with Crippen LogP contribution in [0.1, 0.15) is 21.8 Å². The highest BCUT2D eigenvalue weighted by Crippen LogP contribution is 2.26. The lowest BCUT2D eigenvalue weighted by Gasteiger charge is -2.22. The molecule has 3 rings (SSSR count). The van der Waals surface area contributed by atoms with Gasteiger partial charge in [0.15, 0.2) is 0 Å². The number of anilines is 1. The van der Waals surface area contributed by atoms with Crippen molar-refractivity contribution in [2.24, 2.45) is 0 Å². The summed E-state index contributed by atoms with van der Waals surface area (Å²) < 4.78 is 30.2. The van der Waals surface area contributed by atoms with Gasteiger partial charge in [0.25, 0.3) is 5.91 Å². The summed E-state index contributed by atoms with van der Waals surface area (Å²) in [6.07, 6.45) is 1.11. The number of carbonyl (C=O) groups is 1. The molecule has 0 saturated heterocycles. The van der Waals surface area contributed by atoms with Crippen molar-refractivity contribution in [3.05, 3.63) is 64.5 Å². The molecule has 0 radical (unpaired) electrons. The summed E-state index contributed by atoms with van der Waals surface area (Å²) in [5.74, 6) is 0.293. The van der Waals surface area contributed by atoms with Gasteiger partial charge in [-0.25, -0.2) is 8.42 Å². The van der Waals surface area contributed by atoms with Crippen LogP contribution in [0, 0.1) is 6.92 Å². The summed E-state index contributed by atoms with van der Waals surface area (Å²) in [5.41, 5.74) is 2.02. The molecule has 0 spiro atoms. The molecule has 0 bridgehead atoms. The zero-order valence-electron chi connectivity index (χ0n) is 17.0. The monoisotopic (exact) mass is 448 g/mol. The second-order valence-corrected chi connectivity index (χ2v) is 9.25. The zero-order chi connectivity index (χ0) is 22.1. The van der Waals surface area contributed by atoms with Crippen LogP contribution < -0.4 is 4.31 Å². The Morgan fingerprint density at radius 3 is 2.50 bits per heavy atom. The number of aromatic nitrogens is 2. The first-order valence-electron chi connectivity index (χ1n) is 8.96. The fraction of sp³-hybridized carbons (Fsp3) is 0.250. The first kappa shape index (κ1) is 21.8. The van der Waals surface area contributed by atoms with E-state index in [-0.39, 0.29) is 18.3 Å². The van der Waals surface area contributed by atoms with Gasteiger partial charge in [0.2, 0.25) is 21.7 Å². The second-order valence-electron chi connectivity index (χ2n) is 6.83. The Balaban J connectivity index is 1.81. The van der Waals surface area contributed by atoms with Crippen LogP contribution in [-0.4, -0.2) is 49.7 Å². The van der Waals surface area contributed by atoms with Crippen molar-refractivity contribution >= 4 is 33.2 Å². The third kappa shape index (κ3) is 4.47. The summed E-state index contributed by atoms with van der Waals surface area (Å²) in [5, 5.41) is 4.43. The molecule has 1 amide bonds. The number of rotatable bonds is 6. The molecule has 8 nitrogen and oxygen atoms in total. The summed E-state index contributed by atoms with van der Waals surface area (Å²) in [6, 6.07) is 12.1. The van der Waals surface area contributed by atoms with Gasteiger partial charge in [-0.3, -0.25) is 9.10 Å². The van der Waals surface area contributed by atoms with Crippen molar-refractivity contribution in [3.8, 4) is 11.4 Å². The highest BCUT2D eigenvalue weighted by atomic mass is 35.5. The van der Waals surface area contributed by atoms with E-state index >= 15 is 0 Å². The van der Waals surface area contributed by atoms with E-state index < -0.39 is 10.0 Å². The van der Waals surface area contributed by atoms with Gasteiger partial charge in [-0.05, 0) is 36.8 Å². The summed E-state index contributed by atoms with van der Waals surface area (Å²) in [4.78, 5) is 18.7. The van der Waals surface area contributed by atoms with Crippen molar-refractivity contribution in [2.75, 3.05) is 24.7 Å². The summed E-state index contributed by atoms with van der Waals surface area (Å²) in [6.45, 7) is 1.79. The van der Waals surface area contributed by atoms with Gasteiger partial charge in [0.05, 0.1) is 23.5 Å².